The summed E-state index contributed by atoms with van der Waals surface area (Å²) in [4.78, 5) is 0. The Balaban J connectivity index is 2.82. The minimum atomic E-state index is 0.380. The van der Waals surface area contributed by atoms with Crippen molar-refractivity contribution in [1.29, 1.82) is 0 Å². The number of hydrogen-bond donors (Lipinski definition) is 1. The van der Waals surface area contributed by atoms with E-state index < -0.39 is 0 Å². The molecule has 0 amide bonds. The van der Waals surface area contributed by atoms with Crippen LogP contribution in [0.1, 0.15) is 44.7 Å². The first-order valence-corrected chi connectivity index (χ1v) is 7.04. The number of benzene rings is 1. The lowest BCUT2D eigenvalue weighted by Crippen LogP contribution is -2.22. The normalized spacial score (nSPS) is 12.8. The molecule has 0 fully saturated rings. The maximum atomic E-state index is 6.27. The van der Waals surface area contributed by atoms with Gasteiger partial charge in [0.15, 0.2) is 0 Å². The summed E-state index contributed by atoms with van der Waals surface area (Å²) in [5.74, 6) is 0. The molecule has 0 aliphatic heterocycles. The van der Waals surface area contributed by atoms with Crippen LogP contribution in [0.15, 0.2) is 22.7 Å². The average molecular weight is 305 g/mol. The highest BCUT2D eigenvalue weighted by atomic mass is 79.9. The van der Waals surface area contributed by atoms with E-state index in [4.69, 9.17) is 11.6 Å². The molecule has 0 saturated carbocycles. The third-order valence-corrected chi connectivity index (χ3v) is 3.38. The van der Waals surface area contributed by atoms with Gasteiger partial charge in [-0.05, 0) is 37.1 Å². The summed E-state index contributed by atoms with van der Waals surface area (Å²) in [6.45, 7) is 5.42. The Morgan fingerprint density at radius 2 is 2.06 bits per heavy atom. The van der Waals surface area contributed by atoms with Crippen LogP contribution in [0.5, 0.6) is 0 Å². The van der Waals surface area contributed by atoms with Crippen molar-refractivity contribution in [1.82, 2.24) is 5.32 Å². The second-order valence-electron chi connectivity index (χ2n) is 3.96. The van der Waals surface area contributed by atoms with Gasteiger partial charge in [0, 0.05) is 15.5 Å². The highest BCUT2D eigenvalue weighted by Gasteiger charge is 2.12. The molecule has 1 aromatic rings. The zero-order chi connectivity index (χ0) is 12.0. The second kappa shape index (κ2) is 7.31. The lowest BCUT2D eigenvalue weighted by molar-refractivity contribution is 0.494. The fourth-order valence-corrected chi connectivity index (χ4v) is 2.56. The van der Waals surface area contributed by atoms with Crippen molar-refractivity contribution in [2.75, 3.05) is 6.54 Å². The van der Waals surface area contributed by atoms with Crippen LogP contribution >= 0.6 is 27.5 Å². The highest BCUT2D eigenvalue weighted by molar-refractivity contribution is 9.10. The molecular weight excluding hydrogens is 286 g/mol. The van der Waals surface area contributed by atoms with Crippen molar-refractivity contribution in [3.63, 3.8) is 0 Å². The van der Waals surface area contributed by atoms with Gasteiger partial charge in [-0.3, -0.25) is 0 Å². The van der Waals surface area contributed by atoms with E-state index in [0.717, 1.165) is 35.3 Å². The predicted molar refractivity (Wildman–Crippen MR) is 75.1 cm³/mol. The topological polar surface area (TPSA) is 12.0 Å². The summed E-state index contributed by atoms with van der Waals surface area (Å²) >= 11 is 9.70. The van der Waals surface area contributed by atoms with Crippen LogP contribution in [0.4, 0.5) is 0 Å². The third kappa shape index (κ3) is 4.08. The second-order valence-corrected chi connectivity index (χ2v) is 5.28. The Kier molecular flexibility index (Phi) is 6.40. The first kappa shape index (κ1) is 14.0. The van der Waals surface area contributed by atoms with E-state index in [1.807, 2.05) is 6.07 Å². The quantitative estimate of drug-likeness (QED) is 0.784. The van der Waals surface area contributed by atoms with Crippen LogP contribution in [-0.4, -0.2) is 6.54 Å². The van der Waals surface area contributed by atoms with Crippen molar-refractivity contribution in [2.24, 2.45) is 0 Å². The lowest BCUT2D eigenvalue weighted by atomic mass is 10.0. The van der Waals surface area contributed by atoms with Crippen LogP contribution in [0.2, 0.25) is 5.02 Å². The van der Waals surface area contributed by atoms with E-state index in [2.05, 4.69) is 47.2 Å². The molecule has 0 saturated heterocycles. The molecule has 90 valence electrons. The predicted octanol–water partition coefficient (Wildman–Crippen LogP) is 4.94. The van der Waals surface area contributed by atoms with Crippen molar-refractivity contribution >= 4 is 27.5 Å². The van der Waals surface area contributed by atoms with E-state index in [9.17, 15) is 0 Å². The Morgan fingerprint density at radius 3 is 2.62 bits per heavy atom. The zero-order valence-corrected chi connectivity index (χ0v) is 12.2. The fourth-order valence-electron chi connectivity index (χ4n) is 1.76. The van der Waals surface area contributed by atoms with Gasteiger partial charge in [-0.15, -0.1) is 0 Å². The molecule has 1 N–H and O–H groups in total. The minimum Gasteiger partial charge on any atom is -0.310 e. The molecule has 1 unspecified atom stereocenters. The van der Waals surface area contributed by atoms with E-state index in [1.165, 1.54) is 5.56 Å². The molecule has 1 rings (SSSR count). The third-order valence-electron chi connectivity index (χ3n) is 2.56. The van der Waals surface area contributed by atoms with Crippen LogP contribution < -0.4 is 5.32 Å². The zero-order valence-electron chi connectivity index (χ0n) is 9.89. The lowest BCUT2D eigenvalue weighted by Gasteiger charge is -2.19. The van der Waals surface area contributed by atoms with Crippen molar-refractivity contribution in [3.05, 3.63) is 33.3 Å². The number of nitrogens with one attached hydrogen (secondary N) is 1. The minimum absolute atomic E-state index is 0.380. The number of halogens is 2. The van der Waals surface area contributed by atoms with Gasteiger partial charge in [-0.25, -0.2) is 0 Å². The van der Waals surface area contributed by atoms with Gasteiger partial charge in [0.1, 0.15) is 0 Å². The smallest absolute Gasteiger partial charge is 0.0465 e. The number of hydrogen-bond acceptors (Lipinski definition) is 1. The fraction of sp³-hybridized carbons (Fsp3) is 0.538. The van der Waals surface area contributed by atoms with E-state index >= 15 is 0 Å². The Morgan fingerprint density at radius 1 is 1.31 bits per heavy atom. The Hall–Kier alpha value is -0.0500. The van der Waals surface area contributed by atoms with Crippen LogP contribution in [0, 0.1) is 0 Å². The van der Waals surface area contributed by atoms with Gasteiger partial charge < -0.3 is 5.32 Å². The molecule has 1 nitrogen and oxygen atoms in total. The highest BCUT2D eigenvalue weighted by Crippen LogP contribution is 2.28. The van der Waals surface area contributed by atoms with Gasteiger partial charge in [-0.2, -0.15) is 0 Å². The van der Waals surface area contributed by atoms with Gasteiger partial charge in [0.25, 0.3) is 0 Å². The first-order valence-electron chi connectivity index (χ1n) is 5.87. The summed E-state index contributed by atoms with van der Waals surface area (Å²) < 4.78 is 1.03. The molecule has 1 atom stereocenters. The van der Waals surface area contributed by atoms with Crippen LogP contribution in [0.25, 0.3) is 0 Å². The Labute approximate surface area is 112 Å². The van der Waals surface area contributed by atoms with Crippen molar-refractivity contribution in [2.45, 2.75) is 39.2 Å². The average Bonchev–Trinajstić information content (AvgIpc) is 2.25. The van der Waals surface area contributed by atoms with E-state index in [1.54, 1.807) is 0 Å². The van der Waals surface area contributed by atoms with E-state index in [-0.39, 0.29) is 0 Å². The molecule has 0 radical (unpaired) electrons. The molecule has 3 heteroatoms. The molecule has 0 aromatic heterocycles. The molecular formula is C13H19BrClN. The molecule has 16 heavy (non-hydrogen) atoms. The molecule has 0 heterocycles. The largest absolute Gasteiger partial charge is 0.310 e. The summed E-state index contributed by atoms with van der Waals surface area (Å²) in [6, 6.07) is 6.51. The molecule has 0 aliphatic rings. The standard InChI is InChI=1S/C13H19BrClN/c1-3-5-13(16-8-4-2)11-7-6-10(14)9-12(11)15/h6-7,9,13,16H,3-5,8H2,1-2H3. The number of rotatable bonds is 6. The van der Waals surface area contributed by atoms with Gasteiger partial charge in [0.2, 0.25) is 0 Å². The maximum Gasteiger partial charge on any atom is 0.0465 e. The maximum absolute atomic E-state index is 6.27. The summed E-state index contributed by atoms with van der Waals surface area (Å²) in [5.41, 5.74) is 1.21. The van der Waals surface area contributed by atoms with Crippen LogP contribution in [0.3, 0.4) is 0 Å². The summed E-state index contributed by atoms with van der Waals surface area (Å²) in [5, 5.41) is 4.39. The SMILES string of the molecule is CCCNC(CCC)c1ccc(Br)cc1Cl. The molecule has 0 aliphatic carbocycles. The summed E-state index contributed by atoms with van der Waals surface area (Å²) in [6.07, 6.45) is 3.43. The first-order chi connectivity index (χ1) is 7.69. The van der Waals surface area contributed by atoms with Gasteiger partial charge >= 0.3 is 0 Å². The summed E-state index contributed by atoms with van der Waals surface area (Å²) in [7, 11) is 0. The van der Waals surface area contributed by atoms with E-state index in [0.29, 0.717) is 6.04 Å². The molecule has 0 bridgehead atoms. The van der Waals surface area contributed by atoms with Crippen molar-refractivity contribution < 1.29 is 0 Å². The molecule has 1 aromatic carbocycles. The monoisotopic (exact) mass is 303 g/mol. The van der Waals surface area contributed by atoms with Gasteiger partial charge in [0.05, 0.1) is 0 Å². The molecule has 0 spiro atoms. The Bertz CT molecular complexity index is 328. The van der Waals surface area contributed by atoms with Gasteiger partial charge in [-0.1, -0.05) is 53.9 Å². The van der Waals surface area contributed by atoms with Crippen molar-refractivity contribution in [3.8, 4) is 0 Å². The van der Waals surface area contributed by atoms with Crippen LogP contribution in [-0.2, 0) is 0 Å².